The molecule has 3 nitrogen and oxygen atoms in total. The molecule has 1 saturated heterocycles. The van der Waals surface area contributed by atoms with Crippen LogP contribution >= 0.6 is 23.2 Å². The molecular weight excluding hydrogens is 333 g/mol. The summed E-state index contributed by atoms with van der Waals surface area (Å²) < 4.78 is 0. The topological polar surface area (TPSA) is 40.5 Å². The molecule has 2 aromatic carbocycles. The van der Waals surface area contributed by atoms with Gasteiger partial charge in [-0.15, -0.1) is 0 Å². The van der Waals surface area contributed by atoms with E-state index in [2.05, 4.69) is 4.90 Å². The Kier molecular flexibility index (Phi) is 4.90. The summed E-state index contributed by atoms with van der Waals surface area (Å²) in [4.78, 5) is 13.7. The van der Waals surface area contributed by atoms with Gasteiger partial charge in [0.2, 0.25) is 0 Å². The Labute approximate surface area is 145 Å². The minimum absolute atomic E-state index is 0.117. The Balaban J connectivity index is 2.04. The van der Waals surface area contributed by atoms with Gasteiger partial charge in [-0.3, -0.25) is 9.69 Å². The number of rotatable bonds is 4. The van der Waals surface area contributed by atoms with E-state index >= 15 is 0 Å². The number of aliphatic carboxylic acids is 1. The van der Waals surface area contributed by atoms with Crippen molar-refractivity contribution in [2.24, 2.45) is 0 Å². The van der Waals surface area contributed by atoms with Crippen molar-refractivity contribution in [2.45, 2.75) is 24.9 Å². The smallest absolute Gasteiger partial charge is 0.320 e. The number of nitrogens with zero attached hydrogens (tertiary/aromatic N) is 1. The zero-order chi connectivity index (χ0) is 16.4. The molecule has 1 fully saturated rings. The van der Waals surface area contributed by atoms with Gasteiger partial charge in [0.1, 0.15) is 6.04 Å². The number of likely N-dealkylation sites (tertiary alicyclic amines) is 1. The first-order chi connectivity index (χ1) is 11.1. The molecule has 2 aromatic rings. The van der Waals surface area contributed by atoms with Crippen molar-refractivity contribution in [3.8, 4) is 0 Å². The van der Waals surface area contributed by atoms with Gasteiger partial charge in [0.15, 0.2) is 0 Å². The van der Waals surface area contributed by atoms with Crippen LogP contribution in [0.3, 0.4) is 0 Å². The van der Waals surface area contributed by atoms with Crippen molar-refractivity contribution in [1.29, 1.82) is 0 Å². The van der Waals surface area contributed by atoms with Crippen molar-refractivity contribution in [3.05, 3.63) is 69.7 Å². The zero-order valence-corrected chi connectivity index (χ0v) is 14.0. The predicted octanol–water partition coefficient (Wildman–Crippen LogP) is 4.63. The van der Waals surface area contributed by atoms with Crippen molar-refractivity contribution in [2.75, 3.05) is 6.54 Å². The first kappa shape index (κ1) is 16.3. The van der Waals surface area contributed by atoms with Crippen molar-refractivity contribution in [1.82, 2.24) is 4.90 Å². The average molecular weight is 350 g/mol. The molecule has 1 unspecified atom stereocenters. The average Bonchev–Trinajstić information content (AvgIpc) is 3.01. The number of carbonyl (C=O) groups is 1. The number of carboxylic acids is 1. The van der Waals surface area contributed by atoms with Gasteiger partial charge in [-0.1, -0.05) is 47.5 Å². The van der Waals surface area contributed by atoms with Crippen LogP contribution in [0, 0.1) is 0 Å². The number of hydrogen-bond donors (Lipinski definition) is 1. The van der Waals surface area contributed by atoms with Crippen LogP contribution in [0.15, 0.2) is 48.5 Å². The van der Waals surface area contributed by atoms with Gasteiger partial charge in [0.25, 0.3) is 0 Å². The maximum absolute atomic E-state index is 11.6. The first-order valence-corrected chi connectivity index (χ1v) is 8.31. The third-order valence-corrected chi connectivity index (χ3v) is 4.79. The third-order valence-electron chi connectivity index (χ3n) is 4.28. The van der Waals surface area contributed by atoms with Crippen LogP contribution < -0.4 is 0 Å². The van der Waals surface area contributed by atoms with E-state index < -0.39 is 12.0 Å². The fourth-order valence-corrected chi connectivity index (χ4v) is 3.48. The Hall–Kier alpha value is -1.55. The molecule has 1 heterocycles. The largest absolute Gasteiger partial charge is 0.480 e. The second-order valence-electron chi connectivity index (χ2n) is 5.74. The number of hydrogen-bond acceptors (Lipinski definition) is 2. The predicted molar refractivity (Wildman–Crippen MR) is 92.1 cm³/mol. The van der Waals surface area contributed by atoms with E-state index in [0.717, 1.165) is 24.1 Å². The van der Waals surface area contributed by atoms with Crippen molar-refractivity contribution < 1.29 is 9.90 Å². The zero-order valence-electron chi connectivity index (χ0n) is 12.5. The lowest BCUT2D eigenvalue weighted by Crippen LogP contribution is -2.39. The van der Waals surface area contributed by atoms with Crippen LogP contribution in [-0.4, -0.2) is 28.6 Å². The van der Waals surface area contributed by atoms with Gasteiger partial charge in [-0.2, -0.15) is 0 Å². The van der Waals surface area contributed by atoms with Crippen molar-refractivity contribution in [3.63, 3.8) is 0 Å². The van der Waals surface area contributed by atoms with Crippen LogP contribution in [-0.2, 0) is 4.79 Å². The molecule has 5 heteroatoms. The molecule has 1 N–H and O–H groups in total. The highest BCUT2D eigenvalue weighted by atomic mass is 35.5. The van der Waals surface area contributed by atoms with E-state index in [0.29, 0.717) is 16.5 Å². The molecule has 0 aliphatic carbocycles. The highest BCUT2D eigenvalue weighted by Crippen LogP contribution is 2.35. The molecule has 1 aliphatic heterocycles. The van der Waals surface area contributed by atoms with E-state index in [4.69, 9.17) is 23.2 Å². The maximum Gasteiger partial charge on any atom is 0.320 e. The van der Waals surface area contributed by atoms with Crippen LogP contribution in [0.25, 0.3) is 0 Å². The van der Waals surface area contributed by atoms with Crippen molar-refractivity contribution >= 4 is 29.2 Å². The molecule has 0 bridgehead atoms. The molecule has 0 aromatic heterocycles. The molecule has 0 radical (unpaired) electrons. The molecule has 0 saturated carbocycles. The van der Waals surface area contributed by atoms with Gasteiger partial charge in [0, 0.05) is 16.6 Å². The van der Waals surface area contributed by atoms with Crippen LogP contribution in [0.2, 0.25) is 10.0 Å². The van der Waals surface area contributed by atoms with E-state index in [1.165, 1.54) is 0 Å². The molecule has 3 rings (SSSR count). The van der Waals surface area contributed by atoms with Crippen LogP contribution in [0.5, 0.6) is 0 Å². The summed E-state index contributed by atoms with van der Waals surface area (Å²) in [6.07, 6.45) is 1.56. The Morgan fingerprint density at radius 2 is 1.48 bits per heavy atom. The normalized spacial score (nSPS) is 18.5. The standard InChI is InChI=1S/C18H17Cl2NO2/c19-14-7-3-12(4-8-14)17(13-5-9-15(20)10-6-13)21-11-1-2-16(21)18(22)23/h3-10,16-17H,1-2,11H2,(H,22,23). The van der Waals surface area contributed by atoms with Gasteiger partial charge >= 0.3 is 5.97 Å². The lowest BCUT2D eigenvalue weighted by molar-refractivity contribution is -0.142. The monoisotopic (exact) mass is 349 g/mol. The van der Waals surface area contributed by atoms with E-state index in [1.54, 1.807) is 0 Å². The molecule has 1 aliphatic rings. The van der Waals surface area contributed by atoms with Gasteiger partial charge < -0.3 is 5.11 Å². The second kappa shape index (κ2) is 6.91. The number of benzene rings is 2. The second-order valence-corrected chi connectivity index (χ2v) is 6.61. The highest BCUT2D eigenvalue weighted by molar-refractivity contribution is 6.30. The summed E-state index contributed by atoms with van der Waals surface area (Å²) in [6, 6.07) is 14.6. The van der Waals surface area contributed by atoms with Crippen LogP contribution in [0.1, 0.15) is 30.0 Å². The van der Waals surface area contributed by atoms with E-state index in [-0.39, 0.29) is 6.04 Å². The molecule has 1 atom stereocenters. The summed E-state index contributed by atoms with van der Waals surface area (Å²) in [5, 5.41) is 10.9. The summed E-state index contributed by atoms with van der Waals surface area (Å²) in [5.41, 5.74) is 2.06. The SMILES string of the molecule is O=C(O)C1CCCN1C(c1ccc(Cl)cc1)c1ccc(Cl)cc1. The Morgan fingerprint density at radius 3 is 1.91 bits per heavy atom. The molecule has 23 heavy (non-hydrogen) atoms. The third kappa shape index (κ3) is 3.52. The van der Waals surface area contributed by atoms with Gasteiger partial charge in [-0.25, -0.2) is 0 Å². The summed E-state index contributed by atoms with van der Waals surface area (Å²) in [5.74, 6) is -0.768. The minimum atomic E-state index is -0.768. The molecule has 120 valence electrons. The number of carboxylic acid groups (broad SMARTS) is 1. The Morgan fingerprint density at radius 1 is 1.00 bits per heavy atom. The van der Waals surface area contributed by atoms with Crippen LogP contribution in [0.4, 0.5) is 0 Å². The molecule has 0 amide bonds. The van der Waals surface area contributed by atoms with Gasteiger partial charge in [0.05, 0.1) is 6.04 Å². The molecular formula is C18H17Cl2NO2. The number of halogens is 2. The lowest BCUT2D eigenvalue weighted by Gasteiger charge is -2.32. The van der Waals surface area contributed by atoms with E-state index in [1.807, 2.05) is 48.5 Å². The quantitative estimate of drug-likeness (QED) is 0.874. The van der Waals surface area contributed by atoms with E-state index in [9.17, 15) is 9.90 Å². The fraction of sp³-hybridized carbons (Fsp3) is 0.278. The lowest BCUT2D eigenvalue weighted by atomic mass is 9.96. The summed E-state index contributed by atoms with van der Waals surface area (Å²) >= 11 is 12.0. The first-order valence-electron chi connectivity index (χ1n) is 7.56. The molecule has 0 spiro atoms. The Bertz CT molecular complexity index is 640. The highest BCUT2D eigenvalue weighted by Gasteiger charge is 2.36. The fourth-order valence-electron chi connectivity index (χ4n) is 3.23. The summed E-state index contributed by atoms with van der Waals surface area (Å²) in [6.45, 7) is 0.757. The minimum Gasteiger partial charge on any atom is -0.480 e. The maximum atomic E-state index is 11.6. The summed E-state index contributed by atoms with van der Waals surface area (Å²) in [7, 11) is 0. The van der Waals surface area contributed by atoms with Gasteiger partial charge in [-0.05, 0) is 48.2 Å².